The molecule has 3 aromatic rings. The molecule has 1 aliphatic rings. The number of nitrogens with zero attached hydrogens (tertiary/aromatic N) is 4. The van der Waals surface area contributed by atoms with Gasteiger partial charge in [0.25, 0.3) is 0 Å². The van der Waals surface area contributed by atoms with E-state index in [-0.39, 0.29) is 11.7 Å². The Morgan fingerprint density at radius 3 is 2.70 bits per heavy atom. The number of aromatic nitrogens is 2. The largest absolute Gasteiger partial charge is 0.497 e. The van der Waals surface area contributed by atoms with Gasteiger partial charge in [-0.3, -0.25) is 4.79 Å². The highest BCUT2D eigenvalue weighted by Crippen LogP contribution is 2.22. The zero-order valence-corrected chi connectivity index (χ0v) is 16.8. The smallest absolute Gasteiger partial charge is 0.227 e. The second-order valence-electron chi connectivity index (χ2n) is 7.06. The van der Waals surface area contributed by atoms with Crippen molar-refractivity contribution in [1.82, 2.24) is 15.0 Å². The highest BCUT2D eigenvalue weighted by atomic mass is 19.1. The van der Waals surface area contributed by atoms with Crippen molar-refractivity contribution in [3.63, 3.8) is 0 Å². The highest BCUT2D eigenvalue weighted by molar-refractivity contribution is 5.76. The molecule has 2 aromatic carbocycles. The molecule has 0 bridgehead atoms. The lowest BCUT2D eigenvalue weighted by Gasteiger charge is -2.36. The first-order valence-corrected chi connectivity index (χ1v) is 9.88. The van der Waals surface area contributed by atoms with Crippen LogP contribution >= 0.6 is 0 Å². The predicted octanol–water partition coefficient (Wildman–Crippen LogP) is 3.17. The molecule has 4 rings (SSSR count). The quantitative estimate of drug-likeness (QED) is 0.622. The second kappa shape index (κ2) is 8.94. The van der Waals surface area contributed by atoms with E-state index in [0.717, 1.165) is 5.56 Å². The van der Waals surface area contributed by atoms with Gasteiger partial charge in [0.2, 0.25) is 17.6 Å². The average molecular weight is 410 g/mol. The highest BCUT2D eigenvalue weighted by Gasteiger charge is 2.23. The Bertz CT molecular complexity index is 1010. The predicted molar refractivity (Wildman–Crippen MR) is 110 cm³/mol. The standard InChI is InChI=1S/C22H23FN4O3/c1-29-17-6-4-5-16(15-17)22-24-20(30-25-22)9-10-21(28)27-13-11-26(12-14-27)19-8-3-2-7-18(19)23/h2-8,15H,9-14H2,1H3. The SMILES string of the molecule is COc1cccc(-c2noc(CCC(=O)N3CCN(c4ccccc4F)CC3)n2)c1. The number of carbonyl (C=O) groups is 1. The molecule has 0 unspecified atom stereocenters. The van der Waals surface area contributed by atoms with Crippen LogP contribution in [0.5, 0.6) is 5.75 Å². The number of anilines is 1. The zero-order chi connectivity index (χ0) is 20.9. The molecule has 1 fully saturated rings. The van der Waals surface area contributed by atoms with Crippen molar-refractivity contribution in [3.8, 4) is 17.1 Å². The topological polar surface area (TPSA) is 71.7 Å². The average Bonchev–Trinajstić information content (AvgIpc) is 3.27. The lowest BCUT2D eigenvalue weighted by Crippen LogP contribution is -2.49. The van der Waals surface area contributed by atoms with Crippen LogP contribution in [-0.4, -0.2) is 54.2 Å². The van der Waals surface area contributed by atoms with Gasteiger partial charge in [-0.05, 0) is 24.3 Å². The van der Waals surface area contributed by atoms with E-state index in [1.807, 2.05) is 35.2 Å². The van der Waals surface area contributed by atoms with Gasteiger partial charge in [-0.1, -0.05) is 29.4 Å². The van der Waals surface area contributed by atoms with E-state index < -0.39 is 0 Å². The number of rotatable bonds is 6. The molecular formula is C22H23FN4O3. The molecular weight excluding hydrogens is 387 g/mol. The Balaban J connectivity index is 1.29. The Hall–Kier alpha value is -3.42. The minimum Gasteiger partial charge on any atom is -0.497 e. The third-order valence-electron chi connectivity index (χ3n) is 5.17. The summed E-state index contributed by atoms with van der Waals surface area (Å²) < 4.78 is 24.5. The van der Waals surface area contributed by atoms with Crippen molar-refractivity contribution in [1.29, 1.82) is 0 Å². The summed E-state index contributed by atoms with van der Waals surface area (Å²) in [6.07, 6.45) is 0.669. The van der Waals surface area contributed by atoms with Crippen LogP contribution in [0.3, 0.4) is 0 Å². The first kappa shape index (κ1) is 19.9. The van der Waals surface area contributed by atoms with Crippen molar-refractivity contribution in [3.05, 3.63) is 60.2 Å². The van der Waals surface area contributed by atoms with E-state index in [9.17, 15) is 9.18 Å². The van der Waals surface area contributed by atoms with E-state index in [1.54, 1.807) is 24.1 Å². The maximum atomic E-state index is 14.0. The van der Waals surface area contributed by atoms with Crippen molar-refractivity contribution in [2.75, 3.05) is 38.2 Å². The summed E-state index contributed by atoms with van der Waals surface area (Å²) in [4.78, 5) is 20.7. The lowest BCUT2D eigenvalue weighted by atomic mass is 10.2. The van der Waals surface area contributed by atoms with Crippen molar-refractivity contribution in [2.24, 2.45) is 0 Å². The minimum absolute atomic E-state index is 0.0318. The monoisotopic (exact) mass is 410 g/mol. The summed E-state index contributed by atoms with van der Waals surface area (Å²) in [6, 6.07) is 14.1. The van der Waals surface area contributed by atoms with Crippen LogP contribution in [0, 0.1) is 5.82 Å². The van der Waals surface area contributed by atoms with Gasteiger partial charge in [0.05, 0.1) is 12.8 Å². The van der Waals surface area contributed by atoms with Crippen LogP contribution in [0.4, 0.5) is 10.1 Å². The molecule has 1 amide bonds. The summed E-state index contributed by atoms with van der Waals surface area (Å²) in [5.41, 5.74) is 1.38. The van der Waals surface area contributed by atoms with Gasteiger partial charge in [0.1, 0.15) is 11.6 Å². The third-order valence-corrected chi connectivity index (χ3v) is 5.17. The number of benzene rings is 2. The van der Waals surface area contributed by atoms with E-state index in [1.165, 1.54) is 6.07 Å². The van der Waals surface area contributed by atoms with Crippen molar-refractivity contribution < 1.29 is 18.4 Å². The Morgan fingerprint density at radius 1 is 1.13 bits per heavy atom. The fraction of sp³-hybridized carbons (Fsp3) is 0.318. The van der Waals surface area contributed by atoms with Crippen LogP contribution in [0.1, 0.15) is 12.3 Å². The van der Waals surface area contributed by atoms with Gasteiger partial charge < -0.3 is 19.1 Å². The summed E-state index contributed by atoms with van der Waals surface area (Å²) in [5, 5.41) is 4.00. The molecule has 0 atom stereocenters. The van der Waals surface area contributed by atoms with E-state index in [0.29, 0.717) is 62.2 Å². The fourth-order valence-electron chi connectivity index (χ4n) is 3.51. The molecule has 30 heavy (non-hydrogen) atoms. The fourth-order valence-corrected chi connectivity index (χ4v) is 3.51. The van der Waals surface area contributed by atoms with Crippen LogP contribution in [0.2, 0.25) is 0 Å². The van der Waals surface area contributed by atoms with Gasteiger partial charge >= 0.3 is 0 Å². The minimum atomic E-state index is -0.236. The number of carbonyl (C=O) groups excluding carboxylic acids is 1. The number of amides is 1. The second-order valence-corrected chi connectivity index (χ2v) is 7.06. The number of methoxy groups -OCH3 is 1. The number of piperazine rings is 1. The van der Waals surface area contributed by atoms with Gasteiger partial charge in [-0.15, -0.1) is 0 Å². The summed E-state index contributed by atoms with van der Waals surface area (Å²) in [6.45, 7) is 2.33. The molecule has 8 heteroatoms. The first-order valence-electron chi connectivity index (χ1n) is 9.88. The van der Waals surface area contributed by atoms with Gasteiger partial charge in [-0.2, -0.15) is 4.98 Å². The van der Waals surface area contributed by atoms with Crippen LogP contribution in [0.25, 0.3) is 11.4 Å². The maximum absolute atomic E-state index is 14.0. The number of hydrogen-bond donors (Lipinski definition) is 0. The number of ether oxygens (including phenoxy) is 1. The van der Waals surface area contributed by atoms with E-state index in [4.69, 9.17) is 9.26 Å². The lowest BCUT2D eigenvalue weighted by molar-refractivity contribution is -0.131. The van der Waals surface area contributed by atoms with Crippen molar-refractivity contribution >= 4 is 11.6 Å². The molecule has 156 valence electrons. The molecule has 1 aromatic heterocycles. The molecule has 0 radical (unpaired) electrons. The zero-order valence-electron chi connectivity index (χ0n) is 16.8. The third kappa shape index (κ3) is 4.42. The van der Waals surface area contributed by atoms with Crippen LogP contribution < -0.4 is 9.64 Å². The first-order chi connectivity index (χ1) is 14.6. The van der Waals surface area contributed by atoms with Gasteiger partial charge in [-0.25, -0.2) is 4.39 Å². The van der Waals surface area contributed by atoms with E-state index >= 15 is 0 Å². The summed E-state index contributed by atoms with van der Waals surface area (Å²) in [7, 11) is 1.60. The van der Waals surface area contributed by atoms with Crippen LogP contribution in [-0.2, 0) is 11.2 Å². The maximum Gasteiger partial charge on any atom is 0.227 e. The number of hydrogen-bond acceptors (Lipinski definition) is 6. The van der Waals surface area contributed by atoms with Crippen LogP contribution in [0.15, 0.2) is 53.1 Å². The van der Waals surface area contributed by atoms with Crippen molar-refractivity contribution in [2.45, 2.75) is 12.8 Å². The molecule has 0 aliphatic carbocycles. The molecule has 0 saturated carbocycles. The molecule has 2 heterocycles. The summed E-state index contributed by atoms with van der Waals surface area (Å²) in [5.74, 6) is 1.40. The normalized spacial score (nSPS) is 14.1. The molecule has 7 nitrogen and oxygen atoms in total. The van der Waals surface area contributed by atoms with Gasteiger partial charge in [0, 0.05) is 44.6 Å². The number of aryl methyl sites for hydroxylation is 1. The Kier molecular flexibility index (Phi) is 5.92. The summed E-state index contributed by atoms with van der Waals surface area (Å²) >= 11 is 0. The number of para-hydroxylation sites is 1. The molecule has 1 saturated heterocycles. The number of halogens is 1. The van der Waals surface area contributed by atoms with Gasteiger partial charge in [0.15, 0.2) is 0 Å². The molecule has 0 spiro atoms. The Morgan fingerprint density at radius 2 is 1.93 bits per heavy atom. The Labute approximate surface area is 174 Å². The molecule has 0 N–H and O–H groups in total. The molecule has 1 aliphatic heterocycles. The van der Waals surface area contributed by atoms with E-state index in [2.05, 4.69) is 10.1 Å².